The second-order valence-electron chi connectivity index (χ2n) is 8.76. The molecule has 3 unspecified atom stereocenters. The molecule has 1 aromatic heterocycles. The van der Waals surface area contributed by atoms with Crippen molar-refractivity contribution < 1.29 is 14.3 Å². The van der Waals surface area contributed by atoms with Crippen molar-refractivity contribution in [2.45, 2.75) is 52.2 Å². The molecule has 1 N–H and O–H groups in total. The highest BCUT2D eigenvalue weighted by molar-refractivity contribution is 5.96. The van der Waals surface area contributed by atoms with Crippen LogP contribution in [0.3, 0.4) is 0 Å². The zero-order valence-electron chi connectivity index (χ0n) is 19.2. The van der Waals surface area contributed by atoms with Crippen molar-refractivity contribution in [1.82, 2.24) is 20.0 Å². The summed E-state index contributed by atoms with van der Waals surface area (Å²) < 4.78 is 12.7. The smallest absolute Gasteiger partial charge is 0.249 e. The van der Waals surface area contributed by atoms with E-state index >= 15 is 0 Å². The number of nitrogens with zero attached hydrogens (tertiary/aromatic N) is 3. The number of methoxy groups -OCH3 is 1. The van der Waals surface area contributed by atoms with Crippen molar-refractivity contribution in [2.75, 3.05) is 20.3 Å². The minimum atomic E-state index is -0.0144. The molecule has 1 saturated heterocycles. The van der Waals surface area contributed by atoms with E-state index in [0.29, 0.717) is 24.4 Å². The molecule has 0 bridgehead atoms. The zero-order valence-corrected chi connectivity index (χ0v) is 19.2. The molecule has 1 aliphatic carbocycles. The lowest BCUT2D eigenvalue weighted by atomic mass is 9.88. The van der Waals surface area contributed by atoms with E-state index in [9.17, 15) is 4.79 Å². The monoisotopic (exact) mass is 426 g/mol. The fourth-order valence-corrected chi connectivity index (χ4v) is 5.30. The molecule has 7 heteroatoms. The molecule has 3 aliphatic rings. The molecule has 7 nitrogen and oxygen atoms in total. The van der Waals surface area contributed by atoms with Crippen LogP contribution >= 0.6 is 0 Å². The number of nitrogens with one attached hydrogen (secondary N) is 1. The Morgan fingerprint density at radius 1 is 1.29 bits per heavy atom. The van der Waals surface area contributed by atoms with Crippen molar-refractivity contribution in [1.29, 1.82) is 0 Å². The molecule has 0 saturated carbocycles. The second-order valence-corrected chi connectivity index (χ2v) is 8.76. The van der Waals surface area contributed by atoms with E-state index in [4.69, 9.17) is 9.47 Å². The summed E-state index contributed by atoms with van der Waals surface area (Å²) in [5.41, 5.74) is 3.85. The van der Waals surface area contributed by atoms with Gasteiger partial charge in [0.2, 0.25) is 11.8 Å². The van der Waals surface area contributed by atoms with E-state index in [2.05, 4.69) is 53.5 Å². The summed E-state index contributed by atoms with van der Waals surface area (Å²) in [6.45, 7) is 8.43. The van der Waals surface area contributed by atoms with E-state index in [1.165, 1.54) is 0 Å². The Labute approximate surface area is 184 Å². The van der Waals surface area contributed by atoms with Crippen LogP contribution in [0.25, 0.3) is 0 Å². The van der Waals surface area contributed by atoms with Crippen LogP contribution in [0, 0.1) is 18.8 Å². The van der Waals surface area contributed by atoms with Crippen LogP contribution in [0.2, 0.25) is 0 Å². The predicted octanol–water partition coefficient (Wildman–Crippen LogP) is 2.87. The first-order valence-corrected chi connectivity index (χ1v) is 11.2. The summed E-state index contributed by atoms with van der Waals surface area (Å²) in [6.07, 6.45) is 10.7. The molecule has 4 rings (SSSR count). The average Bonchev–Trinajstić information content (AvgIpc) is 3.24. The molecule has 168 valence electrons. The number of fused-ring (bicyclic) bond motifs is 1. The highest BCUT2D eigenvalue weighted by Crippen LogP contribution is 2.41. The van der Waals surface area contributed by atoms with Crippen molar-refractivity contribution >= 4 is 5.91 Å². The van der Waals surface area contributed by atoms with Gasteiger partial charge in [-0.2, -0.15) is 0 Å². The molecule has 1 amide bonds. The molecule has 3 atom stereocenters. The fraction of sp³-hybridized carbons (Fsp3) is 0.583. The average molecular weight is 427 g/mol. The lowest BCUT2D eigenvalue weighted by molar-refractivity contribution is -0.118. The molecule has 31 heavy (non-hydrogen) atoms. The van der Waals surface area contributed by atoms with Crippen LogP contribution in [0.4, 0.5) is 0 Å². The zero-order chi connectivity index (χ0) is 22.1. The van der Waals surface area contributed by atoms with Gasteiger partial charge in [0, 0.05) is 49.2 Å². The number of ether oxygens (including phenoxy) is 2. The fourth-order valence-electron chi connectivity index (χ4n) is 5.30. The van der Waals surface area contributed by atoms with Gasteiger partial charge >= 0.3 is 0 Å². The number of carbonyl (C=O) groups excluding carboxylic acids is 1. The van der Waals surface area contributed by atoms with Crippen LogP contribution in [0.5, 0.6) is 5.88 Å². The summed E-state index contributed by atoms with van der Waals surface area (Å²) in [5.74, 6) is 1.20. The van der Waals surface area contributed by atoms with Gasteiger partial charge in [0.05, 0.1) is 25.3 Å². The van der Waals surface area contributed by atoms with Gasteiger partial charge in [-0.25, -0.2) is 0 Å². The topological polar surface area (TPSA) is 68.6 Å². The van der Waals surface area contributed by atoms with Gasteiger partial charge in [-0.05, 0) is 39.5 Å². The van der Waals surface area contributed by atoms with E-state index in [1.54, 1.807) is 11.8 Å². The van der Waals surface area contributed by atoms with Gasteiger partial charge in [-0.3, -0.25) is 9.48 Å². The van der Waals surface area contributed by atoms with E-state index in [-0.39, 0.29) is 17.9 Å². The second kappa shape index (κ2) is 8.91. The number of rotatable bonds is 6. The van der Waals surface area contributed by atoms with Gasteiger partial charge in [0.25, 0.3) is 0 Å². The van der Waals surface area contributed by atoms with Crippen LogP contribution in [-0.2, 0) is 23.1 Å². The van der Waals surface area contributed by atoms with Crippen molar-refractivity contribution in [3.05, 3.63) is 46.8 Å². The lowest BCUT2D eigenvalue weighted by Crippen LogP contribution is -2.44. The largest absolute Gasteiger partial charge is 0.480 e. The first-order chi connectivity index (χ1) is 14.9. The maximum atomic E-state index is 13.4. The Balaban J connectivity index is 1.56. The Kier molecular flexibility index (Phi) is 6.23. The third-order valence-corrected chi connectivity index (χ3v) is 7.21. The lowest BCUT2D eigenvalue weighted by Gasteiger charge is -2.40. The van der Waals surface area contributed by atoms with Crippen LogP contribution < -0.4 is 10.1 Å². The minimum absolute atomic E-state index is 0.0144. The SMILES string of the molecule is COc1nn(C)c(C)c1CNC(=O)C1=C(C)N(C(C)C2CCOCC2)C2C=CC=CC12. The van der Waals surface area contributed by atoms with Crippen LogP contribution in [-0.4, -0.2) is 53.0 Å². The van der Waals surface area contributed by atoms with Crippen LogP contribution in [0.1, 0.15) is 37.9 Å². The molecule has 0 aromatic carbocycles. The van der Waals surface area contributed by atoms with E-state index < -0.39 is 0 Å². The summed E-state index contributed by atoms with van der Waals surface area (Å²) in [7, 11) is 3.49. The maximum Gasteiger partial charge on any atom is 0.249 e. The third-order valence-electron chi connectivity index (χ3n) is 7.21. The number of aryl methyl sites for hydroxylation is 1. The quantitative estimate of drug-likeness (QED) is 0.758. The minimum Gasteiger partial charge on any atom is -0.480 e. The number of amides is 1. The predicted molar refractivity (Wildman–Crippen MR) is 119 cm³/mol. The molecule has 1 aromatic rings. The van der Waals surface area contributed by atoms with Crippen molar-refractivity contribution in [2.24, 2.45) is 18.9 Å². The molecule has 2 aliphatic heterocycles. The first-order valence-electron chi connectivity index (χ1n) is 11.2. The highest BCUT2D eigenvalue weighted by Gasteiger charge is 2.43. The Hall–Kier alpha value is -2.54. The standard InChI is InChI=1S/C24H34N4O3/c1-15(18-10-12-31-13-11-18)28-17(3)22(19-8-6-7-9-21(19)28)23(29)25-14-20-16(2)27(4)26-24(20)30-5/h6-9,15,18-19,21H,10-14H2,1-5H3,(H,25,29). The Bertz CT molecular complexity index is 923. The van der Waals surface area contributed by atoms with Gasteiger partial charge in [-0.15, -0.1) is 5.10 Å². The van der Waals surface area contributed by atoms with Crippen molar-refractivity contribution in [3.63, 3.8) is 0 Å². The van der Waals surface area contributed by atoms with Crippen molar-refractivity contribution in [3.8, 4) is 5.88 Å². The van der Waals surface area contributed by atoms with Gasteiger partial charge in [0.15, 0.2) is 0 Å². The third kappa shape index (κ3) is 3.91. The van der Waals surface area contributed by atoms with E-state index in [1.807, 2.05) is 14.0 Å². The number of allylic oxidation sites excluding steroid dienone is 3. The first kappa shape index (κ1) is 21.7. The van der Waals surface area contributed by atoms with E-state index in [0.717, 1.165) is 48.6 Å². The van der Waals surface area contributed by atoms with Crippen LogP contribution in [0.15, 0.2) is 35.6 Å². The summed E-state index contributed by atoms with van der Waals surface area (Å²) in [5, 5.41) is 7.50. The molecular weight excluding hydrogens is 392 g/mol. The Morgan fingerprint density at radius 2 is 2.00 bits per heavy atom. The number of hydrogen-bond donors (Lipinski definition) is 1. The normalized spacial score (nSPS) is 24.5. The molecule has 0 spiro atoms. The number of hydrogen-bond acceptors (Lipinski definition) is 5. The summed E-state index contributed by atoms with van der Waals surface area (Å²) >= 11 is 0. The molecule has 3 heterocycles. The van der Waals surface area contributed by atoms with Gasteiger partial charge in [-0.1, -0.05) is 24.3 Å². The molecule has 0 radical (unpaired) electrons. The number of aromatic nitrogens is 2. The van der Waals surface area contributed by atoms with Gasteiger partial charge in [0.1, 0.15) is 0 Å². The molecular formula is C24H34N4O3. The summed E-state index contributed by atoms with van der Waals surface area (Å²) in [6, 6.07) is 0.553. The highest BCUT2D eigenvalue weighted by atomic mass is 16.5. The number of carbonyl (C=O) groups is 1. The van der Waals surface area contributed by atoms with Gasteiger partial charge < -0.3 is 19.7 Å². The Morgan fingerprint density at radius 3 is 2.71 bits per heavy atom. The molecule has 1 fully saturated rings. The summed E-state index contributed by atoms with van der Waals surface area (Å²) in [4.78, 5) is 15.9. The maximum absolute atomic E-state index is 13.4.